The predicted molar refractivity (Wildman–Crippen MR) is 40.0 cm³/mol. The summed E-state index contributed by atoms with van der Waals surface area (Å²) in [5.74, 6) is 0. The van der Waals surface area contributed by atoms with Crippen LogP contribution in [-0.2, 0) is 11.8 Å². The normalized spacial score (nSPS) is 11.8. The summed E-state index contributed by atoms with van der Waals surface area (Å²) in [5.41, 5.74) is 0. The summed E-state index contributed by atoms with van der Waals surface area (Å²) in [7, 11) is 0. The van der Waals surface area contributed by atoms with Gasteiger partial charge in [-0.1, -0.05) is 34.3 Å². The van der Waals surface area contributed by atoms with E-state index in [1.54, 1.807) is 0 Å². The van der Waals surface area contributed by atoms with Crippen molar-refractivity contribution in [2.45, 2.75) is 0 Å². The number of hydrogen-bond acceptors (Lipinski definition) is 1. The zero-order chi connectivity index (χ0) is 4.50. The predicted octanol–water partition coefficient (Wildman–Crippen LogP) is 3.12. The Hall–Kier alpha value is 1.96. The fraction of sp³-hybridized carbons (Fsp3) is 0. The molecule has 0 heterocycles. The molecule has 0 N–H and O–H groups in total. The van der Waals surface area contributed by atoms with Crippen molar-refractivity contribution in [3.05, 3.63) is 0 Å². The monoisotopic (exact) mass is 260 g/mol. The third kappa shape index (κ3) is 24.3. The molecule has 0 saturated heterocycles. The molecule has 0 aliphatic carbocycles. The van der Waals surface area contributed by atoms with Crippen molar-refractivity contribution >= 4 is 58.7 Å². The topological polar surface area (TPSA) is 0 Å². The van der Waals surface area contributed by atoms with E-state index in [1.807, 2.05) is 22.0 Å². The van der Waals surface area contributed by atoms with E-state index < -0.39 is 2.39 Å². The van der Waals surface area contributed by atoms with Crippen LogP contribution in [0.1, 0.15) is 0 Å². The molecule has 0 rings (SSSR count). The molecule has 0 bridgehead atoms. The molecule has 5 heteroatoms. The van der Waals surface area contributed by atoms with Crippen molar-refractivity contribution in [1.82, 2.24) is 0 Å². The van der Waals surface area contributed by atoms with Gasteiger partial charge in [-0.15, -0.1) is 0 Å². The van der Waals surface area contributed by atoms with Gasteiger partial charge in [-0.3, -0.25) is 0 Å². The van der Waals surface area contributed by atoms with E-state index in [0.29, 0.717) is 0 Å². The average molecular weight is 261 g/mol. The molecular weight excluding hydrogens is 261 g/mol. The smallest absolute Gasteiger partial charge is 0.0573 e. The highest BCUT2D eigenvalue weighted by atomic mass is 127. The van der Waals surface area contributed by atoms with Gasteiger partial charge in [0.25, 0.3) is 0 Å². The molecule has 5 heavy (non-hydrogen) atoms. The molecule has 0 unspecified atom stereocenters. The lowest BCUT2D eigenvalue weighted by Crippen LogP contribution is -1.15. The first-order valence-corrected chi connectivity index (χ1v) is 8.09. The first-order valence-electron chi connectivity index (χ1n) is 0.690. The van der Waals surface area contributed by atoms with E-state index >= 15 is 0 Å². The van der Waals surface area contributed by atoms with Crippen LogP contribution >= 0.6 is 46.9 Å². The molecule has 0 aliphatic rings. The summed E-state index contributed by atoms with van der Waals surface area (Å²) < 4.78 is -1.89. The van der Waals surface area contributed by atoms with Crippen LogP contribution in [-0.4, -0.2) is 0 Å². The Labute approximate surface area is 58.3 Å². The van der Waals surface area contributed by atoms with Gasteiger partial charge < -0.3 is 0 Å². The van der Waals surface area contributed by atoms with Crippen molar-refractivity contribution in [3.63, 3.8) is 0 Å². The lowest BCUT2D eigenvalue weighted by molar-refractivity contribution is 4.77. The van der Waals surface area contributed by atoms with Crippen LogP contribution in [0.3, 0.4) is 0 Å². The largest absolute Gasteiger partial charge is 0.174 e. The van der Waals surface area contributed by atoms with Crippen molar-refractivity contribution in [1.29, 1.82) is 0 Å². The van der Waals surface area contributed by atoms with E-state index in [-0.39, 0.29) is 0 Å². The SMILES string of the molecule is S=P(Cl)(Cl)I. The number of hydrogen-bond donors (Lipinski definition) is 0. The molecule has 0 aromatic carbocycles. The van der Waals surface area contributed by atoms with Gasteiger partial charge in [-0.25, -0.2) is 0 Å². The Balaban J connectivity index is 3.47. The minimum Gasteiger partial charge on any atom is -0.0573 e. The second kappa shape index (κ2) is 2.31. The molecule has 0 aliphatic heterocycles. The van der Waals surface area contributed by atoms with E-state index in [4.69, 9.17) is 22.5 Å². The molecule has 0 radical (unpaired) electrons. The summed E-state index contributed by atoms with van der Waals surface area (Å²) in [6, 6.07) is 0. The molecule has 0 fully saturated rings. The summed E-state index contributed by atoms with van der Waals surface area (Å²) in [6.07, 6.45) is 0. The fourth-order valence-electron chi connectivity index (χ4n) is 0. The average Bonchev–Trinajstić information content (AvgIpc) is 0.722. The van der Waals surface area contributed by atoms with Gasteiger partial charge in [0.15, 0.2) is 2.39 Å². The molecule has 0 aromatic heterocycles. The minimum atomic E-state index is -1.89. The Morgan fingerprint density at radius 2 is 1.60 bits per heavy atom. The van der Waals surface area contributed by atoms with Gasteiger partial charge in [0.1, 0.15) is 0 Å². The van der Waals surface area contributed by atoms with Gasteiger partial charge in [0, 0.05) is 0 Å². The maximum Gasteiger partial charge on any atom is 0.174 e. The summed E-state index contributed by atoms with van der Waals surface area (Å²) in [5, 5.41) is 0. The molecular formula is Cl2IPS. The van der Waals surface area contributed by atoms with Crippen LogP contribution in [0.5, 0.6) is 0 Å². The fourth-order valence-corrected chi connectivity index (χ4v) is 0. The second-order valence-corrected chi connectivity index (χ2v) is 17.3. The Morgan fingerprint density at radius 3 is 1.60 bits per heavy atom. The molecule has 0 aromatic rings. The molecule has 0 atom stereocenters. The van der Waals surface area contributed by atoms with E-state index in [0.717, 1.165) is 0 Å². The van der Waals surface area contributed by atoms with Gasteiger partial charge in [0.2, 0.25) is 0 Å². The zero-order valence-corrected chi connectivity index (χ0v) is 7.37. The Kier molecular flexibility index (Phi) is 3.22. The van der Waals surface area contributed by atoms with Crippen LogP contribution in [0, 0.1) is 0 Å². The van der Waals surface area contributed by atoms with Crippen LogP contribution in [0.15, 0.2) is 0 Å². The summed E-state index contributed by atoms with van der Waals surface area (Å²) >= 11 is 16.7. The quantitative estimate of drug-likeness (QED) is 0.476. The van der Waals surface area contributed by atoms with Gasteiger partial charge in [0.05, 0.1) is 0 Å². The molecule has 0 nitrogen and oxygen atoms in total. The highest BCUT2D eigenvalue weighted by molar-refractivity contribution is 14.2. The highest BCUT2D eigenvalue weighted by Gasteiger charge is 1.94. The number of halogens is 3. The van der Waals surface area contributed by atoms with E-state index in [1.165, 1.54) is 0 Å². The molecule has 32 valence electrons. The van der Waals surface area contributed by atoms with Crippen LogP contribution < -0.4 is 0 Å². The first kappa shape index (κ1) is 6.96. The minimum absolute atomic E-state index is 1.83. The Morgan fingerprint density at radius 1 is 1.60 bits per heavy atom. The first-order chi connectivity index (χ1) is 2.00. The third-order valence-electron chi connectivity index (χ3n) is 0. The van der Waals surface area contributed by atoms with Gasteiger partial charge in [-0.05, 0) is 22.0 Å². The van der Waals surface area contributed by atoms with Crippen molar-refractivity contribution in [2.24, 2.45) is 0 Å². The molecule has 0 spiro atoms. The highest BCUT2D eigenvalue weighted by Crippen LogP contribution is 2.64. The van der Waals surface area contributed by atoms with Gasteiger partial charge >= 0.3 is 0 Å². The zero-order valence-electron chi connectivity index (χ0n) is 1.99. The summed E-state index contributed by atoms with van der Waals surface area (Å²) in [4.78, 5) is 0. The molecule has 0 saturated carbocycles. The van der Waals surface area contributed by atoms with Crippen molar-refractivity contribution in [2.75, 3.05) is 0 Å². The number of rotatable bonds is 0. The van der Waals surface area contributed by atoms with E-state index in [9.17, 15) is 0 Å². The van der Waals surface area contributed by atoms with Crippen LogP contribution in [0.4, 0.5) is 0 Å². The summed E-state index contributed by atoms with van der Waals surface area (Å²) in [6.45, 7) is 0. The maximum absolute atomic E-state index is 5.21. The van der Waals surface area contributed by atoms with E-state index in [2.05, 4.69) is 11.8 Å². The second-order valence-electron chi connectivity index (χ2n) is 0.399. The lowest BCUT2D eigenvalue weighted by Gasteiger charge is -1.81. The van der Waals surface area contributed by atoms with Crippen LogP contribution in [0.25, 0.3) is 0 Å². The van der Waals surface area contributed by atoms with Crippen molar-refractivity contribution in [3.8, 4) is 0 Å². The molecule has 0 amide bonds. The Bertz CT molecular complexity index is 55.8. The lowest BCUT2D eigenvalue weighted by atomic mass is 30.3. The van der Waals surface area contributed by atoms with Gasteiger partial charge in [-0.2, -0.15) is 0 Å². The standard InChI is InChI=1S/Cl2IPS/c1-4(2,3)5. The maximum atomic E-state index is 5.21. The van der Waals surface area contributed by atoms with Crippen LogP contribution in [0.2, 0.25) is 0 Å². The third-order valence-corrected chi connectivity index (χ3v) is 0. The van der Waals surface area contributed by atoms with Crippen molar-refractivity contribution < 1.29 is 0 Å².